The van der Waals surface area contributed by atoms with Crippen molar-refractivity contribution in [3.05, 3.63) is 9.81 Å². The van der Waals surface area contributed by atoms with E-state index in [1.807, 2.05) is 44.3 Å². The maximum atomic E-state index is 12.2. The lowest BCUT2D eigenvalue weighted by Gasteiger charge is -2.27. The normalized spacial score (nSPS) is 24.8. The van der Waals surface area contributed by atoms with Crippen LogP contribution in [0.1, 0.15) is 47.0 Å². The van der Waals surface area contributed by atoms with E-state index < -0.39 is 17.7 Å². The van der Waals surface area contributed by atoms with Gasteiger partial charge in [0.25, 0.3) is 0 Å². The number of amides is 2. The third kappa shape index (κ3) is 6.23. The number of nitrogens with one attached hydrogen (secondary N) is 2. The summed E-state index contributed by atoms with van der Waals surface area (Å²) in [6.45, 7) is 6.83. The Labute approximate surface area is 163 Å². The van der Waals surface area contributed by atoms with E-state index in [4.69, 9.17) is 4.74 Å². The molecule has 2 aliphatic rings. The highest BCUT2D eigenvalue weighted by molar-refractivity contribution is 8.22. The van der Waals surface area contributed by atoms with Crippen LogP contribution in [0.25, 0.3) is 0 Å². The van der Waals surface area contributed by atoms with Gasteiger partial charge in [-0.3, -0.25) is 4.79 Å². The first-order valence-electron chi connectivity index (χ1n) is 8.89. The van der Waals surface area contributed by atoms with E-state index in [0.29, 0.717) is 12.8 Å². The number of ether oxygens (including phenoxy) is 1. The Morgan fingerprint density at radius 3 is 2.42 bits per heavy atom. The van der Waals surface area contributed by atoms with Gasteiger partial charge in [0.15, 0.2) is 0 Å². The fourth-order valence-corrected chi connectivity index (χ4v) is 5.90. The van der Waals surface area contributed by atoms with Gasteiger partial charge in [-0.15, -0.1) is 23.5 Å². The molecule has 1 unspecified atom stereocenters. The van der Waals surface area contributed by atoms with E-state index in [2.05, 4.69) is 10.6 Å². The molecule has 2 N–H and O–H groups in total. The Morgan fingerprint density at radius 1 is 1.23 bits per heavy atom. The smallest absolute Gasteiger partial charge is 0.407 e. The number of carbonyl (C=O) groups is 3. The van der Waals surface area contributed by atoms with Gasteiger partial charge >= 0.3 is 6.09 Å². The number of carbonyl (C=O) groups excluding carboxylic acids is 3. The molecule has 1 heterocycles. The Balaban J connectivity index is 2.17. The molecule has 1 aliphatic heterocycles. The maximum Gasteiger partial charge on any atom is 0.407 e. The zero-order valence-corrected chi connectivity index (χ0v) is 17.4. The van der Waals surface area contributed by atoms with Gasteiger partial charge < -0.3 is 20.2 Å². The van der Waals surface area contributed by atoms with Crippen LogP contribution >= 0.6 is 23.5 Å². The summed E-state index contributed by atoms with van der Waals surface area (Å²) in [5.41, 5.74) is 0.680. The lowest BCUT2D eigenvalue weighted by Crippen LogP contribution is -2.49. The van der Waals surface area contributed by atoms with Crippen molar-refractivity contribution >= 4 is 41.8 Å². The van der Waals surface area contributed by atoms with E-state index in [-0.39, 0.29) is 17.9 Å². The molecule has 3 atom stereocenters. The SMILES string of the molecule is CC(=O)NC(C=O)[C@@H]1CC(=C2SCCCS2)C[C@H]1NC(=O)OC(C)(C)C. The Hall–Kier alpha value is -1.15. The third-order valence-corrected chi connectivity index (χ3v) is 6.98. The van der Waals surface area contributed by atoms with Crippen LogP contribution in [0, 0.1) is 5.92 Å². The first-order chi connectivity index (χ1) is 12.2. The summed E-state index contributed by atoms with van der Waals surface area (Å²) in [4.78, 5) is 35.3. The highest BCUT2D eigenvalue weighted by Gasteiger charge is 2.39. The molecule has 2 fully saturated rings. The van der Waals surface area contributed by atoms with Crippen LogP contribution in [0.4, 0.5) is 4.79 Å². The number of thioether (sulfide) groups is 2. The largest absolute Gasteiger partial charge is 0.444 e. The summed E-state index contributed by atoms with van der Waals surface area (Å²) in [6, 6.07) is -0.860. The lowest BCUT2D eigenvalue weighted by molar-refractivity contribution is -0.123. The molecule has 1 saturated heterocycles. The van der Waals surface area contributed by atoms with E-state index in [9.17, 15) is 14.4 Å². The molecule has 146 valence electrons. The van der Waals surface area contributed by atoms with Gasteiger partial charge in [-0.1, -0.05) is 0 Å². The molecule has 1 saturated carbocycles. The van der Waals surface area contributed by atoms with Crippen molar-refractivity contribution in [1.82, 2.24) is 10.6 Å². The van der Waals surface area contributed by atoms with Crippen molar-refractivity contribution in [1.29, 1.82) is 0 Å². The highest BCUT2D eigenvalue weighted by Crippen LogP contribution is 2.44. The second kappa shape index (κ2) is 9.17. The number of hydrogen-bond donors (Lipinski definition) is 2. The molecule has 0 radical (unpaired) electrons. The van der Waals surface area contributed by atoms with Crippen LogP contribution in [-0.4, -0.2) is 47.5 Å². The van der Waals surface area contributed by atoms with Crippen LogP contribution in [0.3, 0.4) is 0 Å². The van der Waals surface area contributed by atoms with Crippen molar-refractivity contribution in [2.45, 2.75) is 64.6 Å². The predicted molar refractivity (Wildman–Crippen MR) is 106 cm³/mol. The van der Waals surface area contributed by atoms with Crippen molar-refractivity contribution < 1.29 is 19.1 Å². The molecule has 0 aromatic rings. The molecule has 26 heavy (non-hydrogen) atoms. The van der Waals surface area contributed by atoms with Gasteiger partial charge in [-0.05, 0) is 57.1 Å². The lowest BCUT2D eigenvalue weighted by atomic mass is 9.95. The summed E-state index contributed by atoms with van der Waals surface area (Å²) in [5, 5.41) is 5.63. The Morgan fingerprint density at radius 2 is 1.88 bits per heavy atom. The average Bonchev–Trinajstić information content (AvgIpc) is 2.95. The molecule has 8 heteroatoms. The minimum Gasteiger partial charge on any atom is -0.444 e. The summed E-state index contributed by atoms with van der Waals surface area (Å²) in [5.74, 6) is 1.78. The molecule has 6 nitrogen and oxygen atoms in total. The molecule has 2 rings (SSSR count). The summed E-state index contributed by atoms with van der Waals surface area (Å²) in [6.07, 6.45) is 2.85. The van der Waals surface area contributed by atoms with Crippen LogP contribution in [0.2, 0.25) is 0 Å². The number of aldehydes is 1. The maximum absolute atomic E-state index is 12.2. The number of alkyl carbamates (subject to hydrolysis) is 1. The average molecular weight is 401 g/mol. The molecular weight excluding hydrogens is 372 g/mol. The van der Waals surface area contributed by atoms with E-state index in [1.165, 1.54) is 23.2 Å². The monoisotopic (exact) mass is 400 g/mol. The standard InChI is InChI=1S/C18H28N2O4S2/c1-11(22)19-15(10-21)13-8-12(16-25-6-5-7-26-16)9-14(13)20-17(23)24-18(2,3)4/h10,13-15H,5-9H2,1-4H3,(H,19,22)(H,20,23)/t13-,14-,15?/m1/s1. The minimum atomic E-state index is -0.621. The molecular formula is C18H28N2O4S2. The highest BCUT2D eigenvalue weighted by atomic mass is 32.2. The molecule has 0 spiro atoms. The molecule has 1 aliphatic carbocycles. The Bertz CT molecular complexity index is 578. The predicted octanol–water partition coefficient (Wildman–Crippen LogP) is 3.08. The van der Waals surface area contributed by atoms with E-state index in [0.717, 1.165) is 17.8 Å². The first kappa shape index (κ1) is 21.2. The van der Waals surface area contributed by atoms with E-state index in [1.54, 1.807) is 0 Å². The van der Waals surface area contributed by atoms with Gasteiger partial charge in [0.1, 0.15) is 11.9 Å². The van der Waals surface area contributed by atoms with Crippen LogP contribution in [-0.2, 0) is 14.3 Å². The first-order valence-corrected chi connectivity index (χ1v) is 10.9. The van der Waals surface area contributed by atoms with Crippen molar-refractivity contribution in [2.75, 3.05) is 11.5 Å². The molecule has 0 aromatic heterocycles. The number of rotatable bonds is 4. The summed E-state index contributed by atoms with van der Waals surface area (Å²) in [7, 11) is 0. The van der Waals surface area contributed by atoms with Crippen molar-refractivity contribution in [3.63, 3.8) is 0 Å². The zero-order chi connectivity index (χ0) is 19.3. The minimum absolute atomic E-state index is 0.172. The summed E-state index contributed by atoms with van der Waals surface area (Å²) >= 11 is 3.70. The quantitative estimate of drug-likeness (QED) is 0.706. The molecule has 0 bridgehead atoms. The fourth-order valence-electron chi connectivity index (χ4n) is 3.20. The van der Waals surface area contributed by atoms with Gasteiger partial charge in [-0.2, -0.15) is 0 Å². The Kier molecular flexibility index (Phi) is 7.46. The van der Waals surface area contributed by atoms with Crippen molar-refractivity contribution in [3.8, 4) is 0 Å². The zero-order valence-electron chi connectivity index (χ0n) is 15.8. The second-order valence-electron chi connectivity index (χ2n) is 7.63. The fraction of sp³-hybridized carbons (Fsp3) is 0.722. The second-order valence-corrected chi connectivity index (χ2v) is 10.1. The van der Waals surface area contributed by atoms with E-state index >= 15 is 0 Å². The van der Waals surface area contributed by atoms with Crippen LogP contribution in [0.5, 0.6) is 0 Å². The number of hydrogen-bond acceptors (Lipinski definition) is 6. The topological polar surface area (TPSA) is 84.5 Å². The van der Waals surface area contributed by atoms with Gasteiger partial charge in [0, 0.05) is 23.1 Å². The van der Waals surface area contributed by atoms with Gasteiger partial charge in [0.05, 0.1) is 6.04 Å². The van der Waals surface area contributed by atoms with Crippen LogP contribution in [0.15, 0.2) is 9.81 Å². The third-order valence-electron chi connectivity index (χ3n) is 4.19. The van der Waals surface area contributed by atoms with Crippen LogP contribution < -0.4 is 10.6 Å². The molecule has 2 amide bonds. The van der Waals surface area contributed by atoms with Crippen molar-refractivity contribution in [2.24, 2.45) is 5.92 Å². The molecule has 0 aromatic carbocycles. The van der Waals surface area contributed by atoms with Gasteiger partial charge in [0.2, 0.25) is 5.91 Å². The summed E-state index contributed by atoms with van der Waals surface area (Å²) < 4.78 is 6.68. The van der Waals surface area contributed by atoms with Gasteiger partial charge in [-0.25, -0.2) is 4.79 Å².